The molecule has 38 heavy (non-hydrogen) atoms. The Morgan fingerprint density at radius 2 is 1.74 bits per heavy atom. The summed E-state index contributed by atoms with van der Waals surface area (Å²) in [6.45, 7) is 4.64. The third-order valence-electron chi connectivity index (χ3n) is 6.95. The van der Waals surface area contributed by atoms with Gasteiger partial charge in [-0.05, 0) is 42.3 Å². The van der Waals surface area contributed by atoms with Gasteiger partial charge in [0.2, 0.25) is 17.7 Å². The number of piperazine rings is 2. The van der Waals surface area contributed by atoms with Gasteiger partial charge in [0.15, 0.2) is 0 Å². The van der Waals surface area contributed by atoms with Gasteiger partial charge in [-0.2, -0.15) is 13.2 Å². The lowest BCUT2D eigenvalue weighted by Gasteiger charge is -2.39. The standard InChI is InChI=1S/C27H32F3N5O3/c1-2-19-6-8-21(9-7-19)32-24(36)17-23-26(38)31-10-11-35(23)25(37)18-33-12-14-34(15-13-33)22-5-3-4-20(16-22)27(28,29)30/h3-9,16,23H,2,10-15,17-18H2,1H3,(H,31,38)(H,32,36). The van der Waals surface area contributed by atoms with Crippen LogP contribution in [0.5, 0.6) is 0 Å². The number of aryl methyl sites for hydroxylation is 1. The summed E-state index contributed by atoms with van der Waals surface area (Å²) >= 11 is 0. The highest BCUT2D eigenvalue weighted by molar-refractivity contribution is 5.97. The minimum atomic E-state index is -4.40. The lowest BCUT2D eigenvalue weighted by Crippen LogP contribution is -2.60. The Kier molecular flexibility index (Phi) is 8.55. The Labute approximate surface area is 219 Å². The highest BCUT2D eigenvalue weighted by atomic mass is 19.4. The fourth-order valence-corrected chi connectivity index (χ4v) is 4.75. The molecule has 2 aliphatic heterocycles. The fourth-order valence-electron chi connectivity index (χ4n) is 4.75. The Bertz CT molecular complexity index is 1150. The molecule has 0 saturated carbocycles. The van der Waals surface area contributed by atoms with Crippen molar-refractivity contribution < 1.29 is 27.6 Å². The quantitative estimate of drug-likeness (QED) is 0.574. The Hall–Kier alpha value is -3.60. The molecule has 2 heterocycles. The molecule has 1 unspecified atom stereocenters. The largest absolute Gasteiger partial charge is 0.416 e. The van der Waals surface area contributed by atoms with Gasteiger partial charge in [0.1, 0.15) is 6.04 Å². The van der Waals surface area contributed by atoms with E-state index in [0.29, 0.717) is 50.6 Å². The molecule has 4 rings (SSSR count). The number of anilines is 2. The zero-order valence-corrected chi connectivity index (χ0v) is 21.3. The second-order valence-electron chi connectivity index (χ2n) is 9.51. The van der Waals surface area contributed by atoms with E-state index >= 15 is 0 Å². The molecule has 0 bridgehead atoms. The van der Waals surface area contributed by atoms with E-state index in [2.05, 4.69) is 10.6 Å². The van der Waals surface area contributed by atoms with Gasteiger partial charge < -0.3 is 20.4 Å². The van der Waals surface area contributed by atoms with Crippen molar-refractivity contribution in [2.24, 2.45) is 0 Å². The number of halogens is 3. The summed E-state index contributed by atoms with van der Waals surface area (Å²) in [6.07, 6.45) is -3.68. The number of nitrogens with one attached hydrogen (secondary N) is 2. The first kappa shape index (κ1) is 27.4. The first-order chi connectivity index (χ1) is 18.1. The van der Waals surface area contributed by atoms with Crippen molar-refractivity contribution in [2.45, 2.75) is 32.0 Å². The summed E-state index contributed by atoms with van der Waals surface area (Å²) in [5.74, 6) is -0.975. The summed E-state index contributed by atoms with van der Waals surface area (Å²) < 4.78 is 39.2. The van der Waals surface area contributed by atoms with Gasteiger partial charge in [-0.1, -0.05) is 25.1 Å². The molecule has 0 aliphatic carbocycles. The second-order valence-corrected chi connectivity index (χ2v) is 9.51. The monoisotopic (exact) mass is 531 g/mol. The van der Waals surface area contributed by atoms with Crippen molar-refractivity contribution in [3.05, 3.63) is 59.7 Å². The van der Waals surface area contributed by atoms with Gasteiger partial charge in [0, 0.05) is 50.6 Å². The number of benzene rings is 2. The van der Waals surface area contributed by atoms with E-state index < -0.39 is 17.8 Å². The summed E-state index contributed by atoms with van der Waals surface area (Å²) in [7, 11) is 0. The number of carbonyl (C=O) groups excluding carboxylic acids is 3. The van der Waals surface area contributed by atoms with Crippen LogP contribution in [0.4, 0.5) is 24.5 Å². The van der Waals surface area contributed by atoms with Crippen LogP contribution >= 0.6 is 0 Å². The summed E-state index contributed by atoms with van der Waals surface area (Å²) in [4.78, 5) is 43.7. The number of nitrogens with zero attached hydrogens (tertiary/aromatic N) is 3. The smallest absolute Gasteiger partial charge is 0.369 e. The molecule has 2 aromatic rings. The molecule has 2 aliphatic rings. The van der Waals surface area contributed by atoms with Crippen molar-refractivity contribution in [3.8, 4) is 0 Å². The van der Waals surface area contributed by atoms with E-state index in [4.69, 9.17) is 0 Å². The lowest BCUT2D eigenvalue weighted by atomic mass is 10.1. The van der Waals surface area contributed by atoms with Crippen LogP contribution in [-0.4, -0.2) is 79.4 Å². The van der Waals surface area contributed by atoms with Gasteiger partial charge in [-0.3, -0.25) is 19.3 Å². The van der Waals surface area contributed by atoms with Crippen molar-refractivity contribution in [2.75, 3.05) is 56.0 Å². The first-order valence-electron chi connectivity index (χ1n) is 12.7. The molecule has 204 valence electrons. The molecule has 8 nitrogen and oxygen atoms in total. The molecule has 2 N–H and O–H groups in total. The molecular weight excluding hydrogens is 499 g/mol. The van der Waals surface area contributed by atoms with Crippen LogP contribution in [0.2, 0.25) is 0 Å². The Morgan fingerprint density at radius 1 is 1.03 bits per heavy atom. The zero-order valence-electron chi connectivity index (χ0n) is 21.3. The SMILES string of the molecule is CCc1ccc(NC(=O)CC2C(=O)NCCN2C(=O)CN2CCN(c3cccc(C(F)(F)F)c3)CC2)cc1. The van der Waals surface area contributed by atoms with Crippen LogP contribution < -0.4 is 15.5 Å². The van der Waals surface area contributed by atoms with Gasteiger partial charge >= 0.3 is 6.18 Å². The van der Waals surface area contributed by atoms with Crippen molar-refractivity contribution in [1.29, 1.82) is 0 Å². The average Bonchev–Trinajstić information content (AvgIpc) is 2.90. The minimum absolute atomic E-state index is 0.0698. The highest BCUT2D eigenvalue weighted by Crippen LogP contribution is 2.32. The van der Waals surface area contributed by atoms with Crippen molar-refractivity contribution >= 4 is 29.1 Å². The molecular formula is C27H32F3N5O3. The summed E-state index contributed by atoms with van der Waals surface area (Å²) in [6, 6.07) is 11.8. The number of amides is 3. The van der Waals surface area contributed by atoms with Crippen LogP contribution in [0.1, 0.15) is 24.5 Å². The second kappa shape index (κ2) is 11.8. The summed E-state index contributed by atoms with van der Waals surface area (Å²) in [5.41, 5.74) is 1.57. The number of hydrogen-bond acceptors (Lipinski definition) is 5. The van der Waals surface area contributed by atoms with Crippen LogP contribution in [-0.2, 0) is 27.0 Å². The molecule has 2 fully saturated rings. The van der Waals surface area contributed by atoms with Gasteiger partial charge in [-0.15, -0.1) is 0 Å². The maximum absolute atomic E-state index is 13.2. The maximum atomic E-state index is 13.2. The predicted octanol–water partition coefficient (Wildman–Crippen LogP) is 2.75. The molecule has 2 aromatic carbocycles. The lowest BCUT2D eigenvalue weighted by molar-refractivity contribution is -0.145. The summed E-state index contributed by atoms with van der Waals surface area (Å²) in [5, 5.41) is 5.52. The molecule has 1 atom stereocenters. The van der Waals surface area contributed by atoms with E-state index in [9.17, 15) is 27.6 Å². The van der Waals surface area contributed by atoms with Crippen LogP contribution in [0, 0.1) is 0 Å². The van der Waals surface area contributed by atoms with Crippen molar-refractivity contribution in [3.63, 3.8) is 0 Å². The van der Waals surface area contributed by atoms with Crippen LogP contribution in [0.25, 0.3) is 0 Å². The first-order valence-corrected chi connectivity index (χ1v) is 12.7. The fraction of sp³-hybridized carbons (Fsp3) is 0.444. The van der Waals surface area contributed by atoms with Gasteiger partial charge in [0.25, 0.3) is 0 Å². The molecule has 0 spiro atoms. The third-order valence-corrected chi connectivity index (χ3v) is 6.95. The van der Waals surface area contributed by atoms with E-state index in [1.165, 1.54) is 11.0 Å². The van der Waals surface area contributed by atoms with Crippen LogP contribution in [0.15, 0.2) is 48.5 Å². The minimum Gasteiger partial charge on any atom is -0.369 e. The number of carbonyl (C=O) groups is 3. The predicted molar refractivity (Wildman–Crippen MR) is 138 cm³/mol. The average molecular weight is 532 g/mol. The molecule has 0 aromatic heterocycles. The zero-order chi connectivity index (χ0) is 27.3. The van der Waals surface area contributed by atoms with Gasteiger partial charge in [-0.25, -0.2) is 0 Å². The molecule has 3 amide bonds. The van der Waals surface area contributed by atoms with E-state index in [1.807, 2.05) is 28.9 Å². The molecule has 2 saturated heterocycles. The number of hydrogen-bond donors (Lipinski definition) is 2. The van der Waals surface area contributed by atoms with Gasteiger partial charge in [0.05, 0.1) is 18.5 Å². The maximum Gasteiger partial charge on any atom is 0.416 e. The van der Waals surface area contributed by atoms with E-state index in [0.717, 1.165) is 24.1 Å². The Balaban J connectivity index is 1.32. The molecule has 11 heteroatoms. The third kappa shape index (κ3) is 6.83. The topological polar surface area (TPSA) is 85.0 Å². The van der Waals surface area contributed by atoms with E-state index in [-0.39, 0.29) is 30.7 Å². The van der Waals surface area contributed by atoms with Crippen molar-refractivity contribution in [1.82, 2.24) is 15.1 Å². The van der Waals surface area contributed by atoms with Crippen LogP contribution in [0.3, 0.4) is 0 Å². The normalized spacial score (nSPS) is 18.7. The molecule has 0 radical (unpaired) electrons. The number of rotatable bonds is 7. The Morgan fingerprint density at radius 3 is 2.39 bits per heavy atom. The highest BCUT2D eigenvalue weighted by Gasteiger charge is 2.36. The van der Waals surface area contributed by atoms with E-state index in [1.54, 1.807) is 18.2 Å². The number of alkyl halides is 3.